The van der Waals surface area contributed by atoms with Crippen molar-refractivity contribution in [3.63, 3.8) is 0 Å². The maximum absolute atomic E-state index is 11.8. The summed E-state index contributed by atoms with van der Waals surface area (Å²) in [5.74, 6) is 0.117. The van der Waals surface area contributed by atoms with Gasteiger partial charge in [0.15, 0.2) is 5.82 Å². The van der Waals surface area contributed by atoms with Crippen LogP contribution in [0.3, 0.4) is 0 Å². The molecule has 1 aromatic heterocycles. The maximum atomic E-state index is 11.8. The normalized spacial score (nSPS) is 11.8. The van der Waals surface area contributed by atoms with Gasteiger partial charge in [-0.3, -0.25) is 4.79 Å². The molecule has 9 nitrogen and oxygen atoms in total. The van der Waals surface area contributed by atoms with Gasteiger partial charge in [-0.15, -0.1) is 0 Å². The standard InChI is InChI=1S/C9H16N4O5S/c1-7-11-8(12-18-7)6-10-19(15,16)13(2)5-4-9(14)17-3/h10H,4-6H2,1-3H3. The van der Waals surface area contributed by atoms with Crippen LogP contribution in [0.25, 0.3) is 0 Å². The predicted octanol–water partition coefficient (Wildman–Crippen LogP) is -0.793. The molecule has 19 heavy (non-hydrogen) atoms. The fourth-order valence-corrected chi connectivity index (χ4v) is 2.01. The van der Waals surface area contributed by atoms with Crippen LogP contribution in [-0.4, -0.2) is 49.5 Å². The number of nitrogens with one attached hydrogen (secondary N) is 1. The van der Waals surface area contributed by atoms with Crippen LogP contribution in [0, 0.1) is 6.92 Å². The summed E-state index contributed by atoms with van der Waals surface area (Å²) in [7, 11) is -1.10. The second-order valence-electron chi connectivity index (χ2n) is 3.70. The largest absolute Gasteiger partial charge is 0.469 e. The van der Waals surface area contributed by atoms with Crippen molar-refractivity contribution in [2.45, 2.75) is 19.9 Å². The first kappa shape index (κ1) is 15.5. The molecule has 1 aromatic rings. The van der Waals surface area contributed by atoms with Crippen molar-refractivity contribution in [2.24, 2.45) is 0 Å². The van der Waals surface area contributed by atoms with Gasteiger partial charge in [0.05, 0.1) is 20.1 Å². The highest BCUT2D eigenvalue weighted by Crippen LogP contribution is 2.00. The number of aromatic nitrogens is 2. The van der Waals surface area contributed by atoms with Gasteiger partial charge in [-0.25, -0.2) is 0 Å². The van der Waals surface area contributed by atoms with E-state index in [1.165, 1.54) is 14.2 Å². The lowest BCUT2D eigenvalue weighted by Crippen LogP contribution is -2.39. The Morgan fingerprint density at radius 3 is 2.74 bits per heavy atom. The minimum Gasteiger partial charge on any atom is -0.469 e. The summed E-state index contributed by atoms with van der Waals surface area (Å²) in [5.41, 5.74) is 0. The number of ether oxygens (including phenoxy) is 1. The van der Waals surface area contributed by atoms with Gasteiger partial charge in [-0.05, 0) is 0 Å². The quantitative estimate of drug-likeness (QED) is 0.655. The Hall–Kier alpha value is -1.52. The Kier molecular flexibility index (Phi) is 5.39. The number of rotatable bonds is 7. The molecule has 0 fully saturated rings. The van der Waals surface area contributed by atoms with Gasteiger partial charge in [0.1, 0.15) is 0 Å². The van der Waals surface area contributed by atoms with E-state index >= 15 is 0 Å². The molecule has 108 valence electrons. The van der Waals surface area contributed by atoms with E-state index in [2.05, 4.69) is 19.6 Å². The number of methoxy groups -OCH3 is 1. The molecule has 1 N–H and O–H groups in total. The van der Waals surface area contributed by atoms with Crippen LogP contribution >= 0.6 is 0 Å². The molecule has 0 atom stereocenters. The van der Waals surface area contributed by atoms with E-state index in [0.29, 0.717) is 5.89 Å². The lowest BCUT2D eigenvalue weighted by atomic mass is 10.4. The van der Waals surface area contributed by atoms with Crippen LogP contribution in [0.4, 0.5) is 0 Å². The van der Waals surface area contributed by atoms with Crippen LogP contribution in [0.2, 0.25) is 0 Å². The Morgan fingerprint density at radius 2 is 2.21 bits per heavy atom. The van der Waals surface area contributed by atoms with E-state index in [-0.39, 0.29) is 25.3 Å². The smallest absolute Gasteiger partial charge is 0.306 e. The van der Waals surface area contributed by atoms with E-state index in [1.54, 1.807) is 6.92 Å². The monoisotopic (exact) mass is 292 g/mol. The lowest BCUT2D eigenvalue weighted by Gasteiger charge is -2.16. The predicted molar refractivity (Wildman–Crippen MR) is 64.1 cm³/mol. The summed E-state index contributed by atoms with van der Waals surface area (Å²) >= 11 is 0. The summed E-state index contributed by atoms with van der Waals surface area (Å²) in [4.78, 5) is 14.8. The van der Waals surface area contributed by atoms with Crippen molar-refractivity contribution in [2.75, 3.05) is 20.7 Å². The first-order valence-electron chi connectivity index (χ1n) is 5.42. The number of carbonyl (C=O) groups excluding carboxylic acids is 1. The van der Waals surface area contributed by atoms with Crippen molar-refractivity contribution >= 4 is 16.2 Å². The fourth-order valence-electron chi connectivity index (χ4n) is 1.15. The second-order valence-corrected chi connectivity index (χ2v) is 5.57. The summed E-state index contributed by atoms with van der Waals surface area (Å²) in [5, 5.41) is 3.56. The zero-order chi connectivity index (χ0) is 14.5. The van der Waals surface area contributed by atoms with Crippen molar-refractivity contribution in [1.82, 2.24) is 19.2 Å². The number of hydrogen-bond donors (Lipinski definition) is 1. The Balaban J connectivity index is 2.48. The zero-order valence-electron chi connectivity index (χ0n) is 10.9. The first-order chi connectivity index (χ1) is 8.85. The molecule has 0 saturated carbocycles. The summed E-state index contributed by atoms with van der Waals surface area (Å²) in [6.07, 6.45) is -0.0186. The number of esters is 1. The molecule has 0 unspecified atom stereocenters. The zero-order valence-corrected chi connectivity index (χ0v) is 11.7. The highest BCUT2D eigenvalue weighted by atomic mass is 32.2. The molecule has 0 aliphatic heterocycles. The minimum absolute atomic E-state index is 0.0186. The lowest BCUT2D eigenvalue weighted by molar-refractivity contribution is -0.140. The Morgan fingerprint density at radius 1 is 1.53 bits per heavy atom. The molecular weight excluding hydrogens is 276 g/mol. The average molecular weight is 292 g/mol. The SMILES string of the molecule is COC(=O)CCN(C)S(=O)(=O)NCc1noc(C)n1. The van der Waals surface area contributed by atoms with Crippen molar-refractivity contribution in [3.8, 4) is 0 Å². The molecular formula is C9H16N4O5S. The van der Waals surface area contributed by atoms with E-state index < -0.39 is 16.2 Å². The van der Waals surface area contributed by atoms with Crippen molar-refractivity contribution in [1.29, 1.82) is 0 Å². The van der Waals surface area contributed by atoms with Crippen LogP contribution in [0.1, 0.15) is 18.1 Å². The summed E-state index contributed by atoms with van der Waals surface area (Å²) in [6.45, 7) is 1.54. The first-order valence-corrected chi connectivity index (χ1v) is 6.86. The molecule has 0 spiro atoms. The molecule has 1 heterocycles. The summed E-state index contributed by atoms with van der Waals surface area (Å²) < 4.78 is 36.0. The van der Waals surface area contributed by atoms with Crippen molar-refractivity contribution in [3.05, 3.63) is 11.7 Å². The van der Waals surface area contributed by atoms with E-state index in [1.807, 2.05) is 0 Å². The van der Waals surface area contributed by atoms with E-state index in [4.69, 9.17) is 4.52 Å². The second kappa shape index (κ2) is 6.59. The van der Waals surface area contributed by atoms with Crippen LogP contribution in [0.15, 0.2) is 4.52 Å². The van der Waals surface area contributed by atoms with Crippen molar-refractivity contribution < 1.29 is 22.5 Å². The third kappa shape index (κ3) is 4.93. The van der Waals surface area contributed by atoms with E-state index in [0.717, 1.165) is 4.31 Å². The van der Waals surface area contributed by atoms with Gasteiger partial charge in [0, 0.05) is 20.5 Å². The van der Waals surface area contributed by atoms with Crippen LogP contribution < -0.4 is 4.72 Å². The van der Waals surface area contributed by atoms with Gasteiger partial charge in [-0.2, -0.15) is 22.4 Å². The molecule has 0 radical (unpaired) electrons. The molecule has 0 aromatic carbocycles. The Bertz CT molecular complexity index is 526. The van der Waals surface area contributed by atoms with Gasteiger partial charge in [0.25, 0.3) is 10.2 Å². The van der Waals surface area contributed by atoms with Gasteiger partial charge < -0.3 is 9.26 Å². The highest BCUT2D eigenvalue weighted by molar-refractivity contribution is 7.87. The topological polar surface area (TPSA) is 115 Å². The fraction of sp³-hybridized carbons (Fsp3) is 0.667. The molecule has 1 rings (SSSR count). The molecule has 0 amide bonds. The number of aryl methyl sites for hydroxylation is 1. The number of hydrogen-bond acceptors (Lipinski definition) is 7. The van der Waals surface area contributed by atoms with Crippen LogP contribution in [0.5, 0.6) is 0 Å². The maximum Gasteiger partial charge on any atom is 0.306 e. The number of nitrogens with zero attached hydrogens (tertiary/aromatic N) is 3. The summed E-state index contributed by atoms with van der Waals surface area (Å²) in [6, 6.07) is 0. The van der Waals surface area contributed by atoms with Gasteiger partial charge in [0.2, 0.25) is 5.89 Å². The molecule has 0 aliphatic carbocycles. The highest BCUT2D eigenvalue weighted by Gasteiger charge is 2.19. The number of carbonyl (C=O) groups is 1. The van der Waals surface area contributed by atoms with Gasteiger partial charge >= 0.3 is 5.97 Å². The molecule has 0 aliphatic rings. The molecule has 10 heteroatoms. The third-order valence-electron chi connectivity index (χ3n) is 2.25. The molecule has 0 saturated heterocycles. The van der Waals surface area contributed by atoms with E-state index in [9.17, 15) is 13.2 Å². The van der Waals surface area contributed by atoms with Crippen LogP contribution in [-0.2, 0) is 26.3 Å². The average Bonchev–Trinajstić information content (AvgIpc) is 2.79. The molecule has 0 bridgehead atoms. The van der Waals surface area contributed by atoms with Gasteiger partial charge in [-0.1, -0.05) is 5.16 Å². The third-order valence-corrected chi connectivity index (χ3v) is 3.76. The Labute approximate surface area is 111 Å². The minimum atomic E-state index is -3.70.